The van der Waals surface area contributed by atoms with E-state index in [0.29, 0.717) is 18.0 Å². The molecule has 0 amide bonds. The van der Waals surface area contributed by atoms with Crippen molar-refractivity contribution in [3.05, 3.63) is 35.4 Å². The fourth-order valence-corrected chi connectivity index (χ4v) is 4.41. The van der Waals surface area contributed by atoms with Gasteiger partial charge in [-0.15, -0.1) is 0 Å². The molecule has 0 spiro atoms. The second kappa shape index (κ2) is 4.84. The van der Waals surface area contributed by atoms with Gasteiger partial charge in [-0.1, -0.05) is 38.1 Å². The predicted molar refractivity (Wildman–Crippen MR) is 91.6 cm³/mol. The summed E-state index contributed by atoms with van der Waals surface area (Å²) in [6.45, 7) is 16.1. The lowest BCUT2D eigenvalue weighted by Gasteiger charge is -2.42. The number of rotatable bonds is 2. The molecule has 0 bridgehead atoms. The molecule has 1 aliphatic heterocycles. The van der Waals surface area contributed by atoms with Gasteiger partial charge in [0, 0.05) is 12.0 Å². The van der Waals surface area contributed by atoms with E-state index in [2.05, 4.69) is 77.3 Å². The monoisotopic (exact) mass is 300 g/mol. The van der Waals surface area contributed by atoms with Crippen molar-refractivity contribution in [3.8, 4) is 0 Å². The minimum absolute atomic E-state index is 0.184. The molecule has 120 valence electrons. The summed E-state index contributed by atoms with van der Waals surface area (Å²) in [7, 11) is 0. The van der Waals surface area contributed by atoms with Crippen molar-refractivity contribution in [3.63, 3.8) is 0 Å². The second-order valence-corrected chi connectivity index (χ2v) is 8.35. The molecule has 3 rings (SSSR count). The molecule has 0 N–H and O–H groups in total. The first-order chi connectivity index (χ1) is 10.2. The average Bonchev–Trinajstić information content (AvgIpc) is 2.73. The van der Waals surface area contributed by atoms with E-state index in [0.717, 1.165) is 12.3 Å². The van der Waals surface area contributed by atoms with E-state index in [1.165, 1.54) is 11.1 Å². The quantitative estimate of drug-likeness (QED) is 0.735. The molecule has 0 unspecified atom stereocenters. The third-order valence-corrected chi connectivity index (χ3v) is 5.49. The summed E-state index contributed by atoms with van der Waals surface area (Å²) in [6, 6.07) is 9.74. The Morgan fingerprint density at radius 2 is 1.64 bits per heavy atom. The molecule has 1 aromatic carbocycles. The summed E-state index contributed by atoms with van der Waals surface area (Å²) in [5.41, 5.74) is 2.78. The first kappa shape index (κ1) is 15.6. The summed E-state index contributed by atoms with van der Waals surface area (Å²) in [5, 5.41) is 0. The molecule has 0 radical (unpaired) electrons. The molecule has 1 aliphatic carbocycles. The van der Waals surface area contributed by atoms with Crippen LogP contribution < -0.4 is 0 Å². The summed E-state index contributed by atoms with van der Waals surface area (Å²) >= 11 is 0. The highest BCUT2D eigenvalue weighted by molar-refractivity contribution is 5.75. The minimum atomic E-state index is -0.226. The molecule has 0 saturated heterocycles. The number of fused-ring (bicyclic) bond motifs is 3. The lowest BCUT2D eigenvalue weighted by atomic mass is 9.65. The van der Waals surface area contributed by atoms with Gasteiger partial charge in [0.2, 0.25) is 6.04 Å². The topological polar surface area (TPSA) is 12.2 Å². The van der Waals surface area contributed by atoms with Crippen LogP contribution >= 0.6 is 0 Å². The van der Waals surface area contributed by atoms with Gasteiger partial charge in [0.1, 0.15) is 0 Å². The Hall–Kier alpha value is -1.31. The van der Waals surface area contributed by atoms with Crippen molar-refractivity contribution in [1.82, 2.24) is 0 Å². The first-order valence-electron chi connectivity index (χ1n) is 8.62. The Balaban J connectivity index is 2.21. The van der Waals surface area contributed by atoms with Crippen LogP contribution in [0.3, 0.4) is 0 Å². The van der Waals surface area contributed by atoms with Crippen LogP contribution in [0.4, 0.5) is 0 Å². The number of nitrogens with zero attached hydrogens (tertiary/aromatic N) is 1. The molecule has 2 heteroatoms. The van der Waals surface area contributed by atoms with Gasteiger partial charge in [0.25, 0.3) is 0 Å². The Kier molecular flexibility index (Phi) is 3.43. The highest BCUT2D eigenvalue weighted by atomic mass is 16.5. The fourth-order valence-electron chi connectivity index (χ4n) is 4.41. The van der Waals surface area contributed by atoms with Crippen molar-refractivity contribution >= 4 is 5.90 Å². The maximum Gasteiger partial charge on any atom is 0.340 e. The third kappa shape index (κ3) is 2.03. The van der Waals surface area contributed by atoms with E-state index in [-0.39, 0.29) is 11.0 Å². The van der Waals surface area contributed by atoms with Gasteiger partial charge in [-0.05, 0) is 45.6 Å². The van der Waals surface area contributed by atoms with Crippen LogP contribution in [0.15, 0.2) is 24.3 Å². The van der Waals surface area contributed by atoms with Gasteiger partial charge in [-0.2, -0.15) is 4.58 Å². The zero-order valence-electron chi connectivity index (χ0n) is 15.1. The van der Waals surface area contributed by atoms with Crippen LogP contribution in [0.2, 0.25) is 0 Å². The smallest absolute Gasteiger partial charge is 0.340 e. The van der Waals surface area contributed by atoms with Crippen molar-refractivity contribution < 1.29 is 9.31 Å². The highest BCUT2D eigenvalue weighted by Gasteiger charge is 2.60. The molecule has 2 atom stereocenters. The van der Waals surface area contributed by atoms with Crippen LogP contribution in [0.1, 0.15) is 66.0 Å². The van der Waals surface area contributed by atoms with Crippen LogP contribution in [-0.4, -0.2) is 22.6 Å². The Morgan fingerprint density at radius 1 is 1.05 bits per heavy atom. The SMILES string of the molecule is CC(C)C1=[N+](C(C)C)[C@H]2CC(C)(C)c3ccccc3[C@@]2(C)O1. The Bertz CT molecular complexity index is 626. The van der Waals surface area contributed by atoms with Crippen molar-refractivity contribution in [1.29, 1.82) is 0 Å². The van der Waals surface area contributed by atoms with E-state index in [9.17, 15) is 0 Å². The van der Waals surface area contributed by atoms with Crippen molar-refractivity contribution in [2.45, 2.75) is 78.0 Å². The zero-order valence-corrected chi connectivity index (χ0v) is 15.1. The maximum absolute atomic E-state index is 6.65. The molecule has 0 saturated carbocycles. The van der Waals surface area contributed by atoms with Crippen LogP contribution in [0.5, 0.6) is 0 Å². The van der Waals surface area contributed by atoms with E-state index in [1.807, 2.05) is 0 Å². The lowest BCUT2D eigenvalue weighted by Crippen LogP contribution is -2.50. The van der Waals surface area contributed by atoms with E-state index in [4.69, 9.17) is 4.74 Å². The average molecular weight is 300 g/mol. The van der Waals surface area contributed by atoms with Gasteiger partial charge in [-0.25, -0.2) is 0 Å². The number of ether oxygens (including phenoxy) is 1. The van der Waals surface area contributed by atoms with Crippen LogP contribution in [0.25, 0.3) is 0 Å². The molecular weight excluding hydrogens is 270 g/mol. The van der Waals surface area contributed by atoms with Gasteiger partial charge in [0.05, 0.1) is 5.92 Å². The molecule has 1 aromatic rings. The van der Waals surface area contributed by atoms with Gasteiger partial charge >= 0.3 is 5.90 Å². The third-order valence-electron chi connectivity index (χ3n) is 5.49. The van der Waals surface area contributed by atoms with E-state index in [1.54, 1.807) is 0 Å². The molecule has 0 fully saturated rings. The van der Waals surface area contributed by atoms with Crippen LogP contribution in [-0.2, 0) is 15.8 Å². The fraction of sp³-hybridized carbons (Fsp3) is 0.650. The molecule has 2 aliphatic rings. The molecule has 2 nitrogen and oxygen atoms in total. The lowest BCUT2D eigenvalue weighted by molar-refractivity contribution is -0.598. The predicted octanol–water partition coefficient (Wildman–Crippen LogP) is 4.46. The Morgan fingerprint density at radius 3 is 2.18 bits per heavy atom. The normalized spacial score (nSPS) is 29.6. The number of hydrogen-bond acceptors (Lipinski definition) is 1. The maximum atomic E-state index is 6.65. The van der Waals surface area contributed by atoms with Gasteiger partial charge in [-0.3, -0.25) is 0 Å². The standard InChI is InChI=1S/C20H30NO/c1-13(2)18-21(14(3)4)17-12-19(5,6)15-10-8-9-11-16(15)20(17,7)22-18/h8-11,13-14,17H,12H2,1-7H3/q+1/t17-,20+/m0/s1. The van der Waals surface area contributed by atoms with Gasteiger partial charge in [0.15, 0.2) is 11.6 Å². The first-order valence-corrected chi connectivity index (χ1v) is 8.62. The van der Waals surface area contributed by atoms with E-state index < -0.39 is 0 Å². The minimum Gasteiger partial charge on any atom is -0.429 e. The summed E-state index contributed by atoms with van der Waals surface area (Å²) in [4.78, 5) is 0. The number of hydrogen-bond donors (Lipinski definition) is 0. The largest absolute Gasteiger partial charge is 0.429 e. The highest BCUT2D eigenvalue weighted by Crippen LogP contribution is 2.50. The Labute approximate surface area is 135 Å². The molecule has 0 aromatic heterocycles. The summed E-state index contributed by atoms with van der Waals surface area (Å²) < 4.78 is 9.19. The van der Waals surface area contributed by atoms with Crippen molar-refractivity contribution in [2.24, 2.45) is 5.92 Å². The summed E-state index contributed by atoms with van der Waals surface area (Å²) in [5.74, 6) is 1.58. The number of benzene rings is 1. The second-order valence-electron chi connectivity index (χ2n) is 8.35. The van der Waals surface area contributed by atoms with Crippen LogP contribution in [0, 0.1) is 5.92 Å². The summed E-state index contributed by atoms with van der Waals surface area (Å²) in [6.07, 6.45) is 1.13. The molecule has 1 heterocycles. The van der Waals surface area contributed by atoms with E-state index >= 15 is 0 Å². The zero-order chi connectivity index (χ0) is 16.3. The molecule has 22 heavy (non-hydrogen) atoms. The molecular formula is C20H30NO+. The van der Waals surface area contributed by atoms with Crippen molar-refractivity contribution in [2.75, 3.05) is 0 Å². The van der Waals surface area contributed by atoms with Gasteiger partial charge < -0.3 is 4.74 Å².